The van der Waals surface area contributed by atoms with E-state index in [9.17, 15) is 15.2 Å². The molecule has 1 aliphatic rings. The zero-order valence-corrected chi connectivity index (χ0v) is 13.3. The summed E-state index contributed by atoms with van der Waals surface area (Å²) in [5, 5.41) is 26.2. The second-order valence-corrected chi connectivity index (χ2v) is 5.62. The average Bonchev–Trinajstić information content (AvgIpc) is 3.14. The Morgan fingerprint density at radius 3 is 3.00 bits per heavy atom. The summed E-state index contributed by atoms with van der Waals surface area (Å²) in [6.45, 7) is 2.46. The number of nitrogens with zero attached hydrogens (tertiary/aromatic N) is 2. The number of carbonyl (C=O) groups excluding carboxylic acids is 1. The fourth-order valence-corrected chi connectivity index (χ4v) is 2.75. The minimum atomic E-state index is -0.601. The molecule has 122 valence electrons. The van der Waals surface area contributed by atoms with Crippen LogP contribution < -0.4 is 5.32 Å². The Morgan fingerprint density at radius 2 is 2.25 bits per heavy atom. The molecule has 1 aromatic heterocycles. The summed E-state index contributed by atoms with van der Waals surface area (Å²) in [6.07, 6.45) is 2.28. The molecule has 0 spiro atoms. The third-order valence-corrected chi connectivity index (χ3v) is 4.03. The van der Waals surface area contributed by atoms with Crippen molar-refractivity contribution in [2.75, 3.05) is 6.54 Å². The van der Waals surface area contributed by atoms with Crippen LogP contribution >= 0.6 is 0 Å². The summed E-state index contributed by atoms with van der Waals surface area (Å²) in [5.41, 5.74) is 2.49. The molecule has 0 fully saturated rings. The zero-order valence-electron chi connectivity index (χ0n) is 13.3. The predicted molar refractivity (Wildman–Crippen MR) is 87.8 cm³/mol. The van der Waals surface area contributed by atoms with Gasteiger partial charge in [-0.1, -0.05) is 42.8 Å². The van der Waals surface area contributed by atoms with Crippen LogP contribution in [-0.4, -0.2) is 22.7 Å². The van der Waals surface area contributed by atoms with Crippen molar-refractivity contribution in [3.05, 3.63) is 46.7 Å². The molecule has 0 atom stereocenters. The molecule has 1 amide bonds. The van der Waals surface area contributed by atoms with E-state index in [1.165, 1.54) is 0 Å². The molecule has 6 heteroatoms. The van der Waals surface area contributed by atoms with Crippen molar-refractivity contribution in [1.29, 1.82) is 5.26 Å². The third-order valence-electron chi connectivity index (χ3n) is 4.03. The number of nitriles is 1. The topological polar surface area (TPSA) is 99.2 Å². The van der Waals surface area contributed by atoms with Gasteiger partial charge in [-0.05, 0) is 12.0 Å². The fraction of sp³-hybridized carbons (Fsp3) is 0.278. The zero-order chi connectivity index (χ0) is 17.1. The van der Waals surface area contributed by atoms with Crippen LogP contribution in [0.1, 0.15) is 36.6 Å². The molecule has 1 aromatic carbocycles. The summed E-state index contributed by atoms with van der Waals surface area (Å²) in [4.78, 5) is 12.1. The SMILES string of the molecule is CCCCNC(=O)C(C#N)=C(O)c1noc2c1Cc1ccccc1-2. The van der Waals surface area contributed by atoms with Crippen LogP contribution in [0.4, 0.5) is 0 Å². The normalized spacial score (nSPS) is 12.8. The number of aromatic nitrogens is 1. The van der Waals surface area contributed by atoms with Crippen LogP contribution in [0.3, 0.4) is 0 Å². The molecule has 2 N–H and O–H groups in total. The lowest BCUT2D eigenvalue weighted by molar-refractivity contribution is -0.117. The number of fused-ring (bicyclic) bond motifs is 3. The van der Waals surface area contributed by atoms with Gasteiger partial charge in [0, 0.05) is 24.1 Å². The van der Waals surface area contributed by atoms with Crippen molar-refractivity contribution in [1.82, 2.24) is 10.5 Å². The second-order valence-electron chi connectivity index (χ2n) is 5.62. The van der Waals surface area contributed by atoms with Crippen molar-refractivity contribution in [3.8, 4) is 17.4 Å². The molecule has 0 radical (unpaired) electrons. The molecule has 1 heterocycles. The Balaban J connectivity index is 1.93. The number of benzene rings is 1. The quantitative estimate of drug-likeness (QED) is 0.325. The lowest BCUT2D eigenvalue weighted by Crippen LogP contribution is -2.26. The number of unbranched alkanes of at least 4 members (excludes halogenated alkanes) is 1. The average molecular weight is 323 g/mol. The standard InChI is InChI=1S/C18H17N3O3/c1-2-3-8-20-18(23)14(10-19)16(22)15-13-9-11-6-4-5-7-12(11)17(13)24-21-15/h4-7,22H,2-3,8-9H2,1H3,(H,20,23). The third kappa shape index (κ3) is 2.65. The van der Waals surface area contributed by atoms with E-state index in [1.54, 1.807) is 6.07 Å². The van der Waals surface area contributed by atoms with Crippen LogP contribution in [0.15, 0.2) is 34.4 Å². The minimum Gasteiger partial charge on any atom is -0.504 e. The first-order chi connectivity index (χ1) is 11.7. The number of carbonyl (C=O) groups is 1. The maximum atomic E-state index is 12.1. The van der Waals surface area contributed by atoms with E-state index in [0.717, 1.165) is 24.0 Å². The summed E-state index contributed by atoms with van der Waals surface area (Å²) < 4.78 is 5.34. The van der Waals surface area contributed by atoms with E-state index in [2.05, 4.69) is 10.5 Å². The molecule has 3 rings (SSSR count). The summed E-state index contributed by atoms with van der Waals surface area (Å²) in [6, 6.07) is 9.47. The van der Waals surface area contributed by atoms with Crippen molar-refractivity contribution in [3.63, 3.8) is 0 Å². The number of aliphatic hydroxyl groups excluding tert-OH is 1. The van der Waals surface area contributed by atoms with Gasteiger partial charge in [0.25, 0.3) is 5.91 Å². The Bertz CT molecular complexity index is 859. The summed E-state index contributed by atoms with van der Waals surface area (Å²) in [7, 11) is 0. The van der Waals surface area contributed by atoms with Gasteiger partial charge in [0.05, 0.1) is 0 Å². The number of nitrogens with one attached hydrogen (secondary N) is 1. The van der Waals surface area contributed by atoms with Gasteiger partial charge in [-0.15, -0.1) is 0 Å². The molecule has 24 heavy (non-hydrogen) atoms. The Morgan fingerprint density at radius 1 is 1.46 bits per heavy atom. The molecule has 0 saturated heterocycles. The van der Waals surface area contributed by atoms with Crippen molar-refractivity contribution >= 4 is 11.7 Å². The maximum Gasteiger partial charge on any atom is 0.265 e. The van der Waals surface area contributed by atoms with E-state index in [4.69, 9.17) is 4.52 Å². The highest BCUT2D eigenvalue weighted by molar-refractivity contribution is 6.03. The van der Waals surface area contributed by atoms with Gasteiger partial charge in [-0.25, -0.2) is 0 Å². The van der Waals surface area contributed by atoms with E-state index in [1.807, 2.05) is 31.2 Å². The Labute approximate surface area is 139 Å². The van der Waals surface area contributed by atoms with E-state index < -0.39 is 11.7 Å². The molecule has 6 nitrogen and oxygen atoms in total. The van der Waals surface area contributed by atoms with Gasteiger partial charge >= 0.3 is 0 Å². The molecule has 0 aliphatic heterocycles. The van der Waals surface area contributed by atoms with Gasteiger partial charge in [-0.3, -0.25) is 4.79 Å². The number of rotatable bonds is 5. The van der Waals surface area contributed by atoms with Crippen LogP contribution in [0.2, 0.25) is 0 Å². The van der Waals surface area contributed by atoms with Gasteiger partial charge in [0.2, 0.25) is 0 Å². The van der Waals surface area contributed by atoms with Gasteiger partial charge in [-0.2, -0.15) is 5.26 Å². The molecule has 0 bridgehead atoms. The van der Waals surface area contributed by atoms with Crippen molar-refractivity contribution < 1.29 is 14.4 Å². The largest absolute Gasteiger partial charge is 0.504 e. The first-order valence-corrected chi connectivity index (χ1v) is 7.86. The van der Waals surface area contributed by atoms with Gasteiger partial charge < -0.3 is 14.9 Å². The first-order valence-electron chi connectivity index (χ1n) is 7.86. The predicted octanol–water partition coefficient (Wildman–Crippen LogP) is 2.95. The molecule has 0 saturated carbocycles. The van der Waals surface area contributed by atoms with E-state index in [0.29, 0.717) is 24.3 Å². The van der Waals surface area contributed by atoms with Gasteiger partial charge in [0.1, 0.15) is 6.07 Å². The van der Waals surface area contributed by atoms with Crippen LogP contribution in [0.25, 0.3) is 17.1 Å². The van der Waals surface area contributed by atoms with E-state index >= 15 is 0 Å². The Hall–Kier alpha value is -3.07. The molecular weight excluding hydrogens is 306 g/mol. The van der Waals surface area contributed by atoms with Crippen LogP contribution in [0, 0.1) is 11.3 Å². The van der Waals surface area contributed by atoms with Crippen molar-refractivity contribution in [2.45, 2.75) is 26.2 Å². The Kier molecular flexibility index (Phi) is 4.34. The highest BCUT2D eigenvalue weighted by Crippen LogP contribution is 2.40. The number of hydrogen-bond acceptors (Lipinski definition) is 5. The number of hydrogen-bond donors (Lipinski definition) is 2. The number of amides is 1. The summed E-state index contributed by atoms with van der Waals surface area (Å²) >= 11 is 0. The van der Waals surface area contributed by atoms with Crippen molar-refractivity contribution in [2.24, 2.45) is 0 Å². The minimum absolute atomic E-state index is 0.156. The van der Waals surface area contributed by atoms with Crippen LogP contribution in [0.5, 0.6) is 0 Å². The highest BCUT2D eigenvalue weighted by Gasteiger charge is 2.30. The fourth-order valence-electron chi connectivity index (χ4n) is 2.75. The summed E-state index contributed by atoms with van der Waals surface area (Å²) in [5.74, 6) is -0.462. The van der Waals surface area contributed by atoms with Gasteiger partial charge in [0.15, 0.2) is 22.8 Å². The van der Waals surface area contributed by atoms with Crippen LogP contribution in [-0.2, 0) is 11.2 Å². The maximum absolute atomic E-state index is 12.1. The molecular formula is C18H17N3O3. The molecule has 1 aliphatic carbocycles. The molecule has 2 aromatic rings. The highest BCUT2D eigenvalue weighted by atomic mass is 16.5. The van der Waals surface area contributed by atoms with E-state index in [-0.39, 0.29) is 11.3 Å². The smallest absolute Gasteiger partial charge is 0.265 e. The lowest BCUT2D eigenvalue weighted by atomic mass is 10.1. The first kappa shape index (κ1) is 15.8. The monoisotopic (exact) mass is 323 g/mol. The second kappa shape index (κ2) is 6.59. The number of aliphatic hydroxyl groups is 1. The lowest BCUT2D eigenvalue weighted by Gasteiger charge is -2.05. The molecule has 0 unspecified atom stereocenters.